The first kappa shape index (κ1) is 16.3. The minimum Gasteiger partial charge on any atom is -0.377 e. The summed E-state index contributed by atoms with van der Waals surface area (Å²) < 4.78 is 6.73. The Kier molecular flexibility index (Phi) is 3.73. The van der Waals surface area contributed by atoms with Crippen molar-refractivity contribution in [3.63, 3.8) is 0 Å². The maximum Gasteiger partial charge on any atom is 0.223 e. The smallest absolute Gasteiger partial charge is 0.223 e. The first-order valence-corrected chi connectivity index (χ1v) is 8.65. The van der Waals surface area contributed by atoms with Crippen molar-refractivity contribution in [2.75, 3.05) is 12.8 Å². The van der Waals surface area contributed by atoms with Crippen LogP contribution in [0.2, 0.25) is 0 Å². The number of anilines is 1. The van der Waals surface area contributed by atoms with Gasteiger partial charge in [-0.1, -0.05) is 41.6 Å². The van der Waals surface area contributed by atoms with E-state index >= 15 is 0 Å². The van der Waals surface area contributed by atoms with Crippen LogP contribution in [0, 0.1) is 0 Å². The van der Waals surface area contributed by atoms with Crippen molar-refractivity contribution in [2.45, 2.75) is 6.61 Å². The highest BCUT2D eigenvalue weighted by Gasteiger charge is 2.20. The summed E-state index contributed by atoms with van der Waals surface area (Å²) in [6.07, 6.45) is 0. The molecule has 5 aromatic rings. The zero-order chi connectivity index (χ0) is 19.1. The average Bonchev–Trinajstić information content (AvgIpc) is 3.35. The maximum absolute atomic E-state index is 6.21. The molecule has 138 valence electrons. The summed E-state index contributed by atoms with van der Waals surface area (Å²) in [5.74, 6) is 0.795. The van der Waals surface area contributed by atoms with E-state index in [2.05, 4.69) is 30.5 Å². The molecule has 0 amide bonds. The normalized spacial score (nSPS) is 11.5. The summed E-state index contributed by atoms with van der Waals surface area (Å²) in [4.78, 5) is 9.30. The number of nitrogens with zero attached hydrogens (tertiary/aromatic N) is 6. The number of benzene rings is 2. The quantitative estimate of drug-likeness (QED) is 0.497. The first-order chi connectivity index (χ1) is 13.7. The summed E-state index contributed by atoms with van der Waals surface area (Å²) in [7, 11) is 1.60. The van der Waals surface area contributed by atoms with Gasteiger partial charge < -0.3 is 10.5 Å². The topological polar surface area (TPSA) is 120 Å². The number of aromatic amines is 1. The van der Waals surface area contributed by atoms with Crippen LogP contribution in [0.4, 0.5) is 5.95 Å². The largest absolute Gasteiger partial charge is 0.377 e. The van der Waals surface area contributed by atoms with Crippen LogP contribution < -0.4 is 5.73 Å². The van der Waals surface area contributed by atoms with Crippen LogP contribution in [0.3, 0.4) is 0 Å². The van der Waals surface area contributed by atoms with Gasteiger partial charge in [-0.25, -0.2) is 9.97 Å². The van der Waals surface area contributed by atoms with Crippen molar-refractivity contribution in [1.82, 2.24) is 35.0 Å². The molecule has 0 unspecified atom stereocenters. The first-order valence-electron chi connectivity index (χ1n) is 8.65. The van der Waals surface area contributed by atoms with E-state index in [-0.39, 0.29) is 12.6 Å². The molecule has 0 fully saturated rings. The summed E-state index contributed by atoms with van der Waals surface area (Å²) >= 11 is 0. The van der Waals surface area contributed by atoms with E-state index in [1.54, 1.807) is 11.6 Å². The van der Waals surface area contributed by atoms with E-state index in [9.17, 15) is 0 Å². The zero-order valence-electron chi connectivity index (χ0n) is 15.0. The molecule has 3 aromatic heterocycles. The maximum atomic E-state index is 6.21. The summed E-state index contributed by atoms with van der Waals surface area (Å²) in [5.41, 5.74) is 11.8. The molecule has 0 atom stereocenters. The predicted octanol–water partition coefficient (Wildman–Crippen LogP) is 2.46. The second-order valence-corrected chi connectivity index (χ2v) is 6.30. The standard InChI is InChI=1S/C19H16N8O/c1-28-10-15-21-18-16(12-7-8-13-14(9-12)24-26-23-13)17(11-5-3-2-4-6-11)22-19(20)27(18)25-15/h2-9H,10H2,1H3,(H2,20,22)(H,23,24,26). The molecule has 0 aliphatic heterocycles. The van der Waals surface area contributed by atoms with Gasteiger partial charge in [-0.3, -0.25) is 5.10 Å². The lowest BCUT2D eigenvalue weighted by Crippen LogP contribution is -2.06. The zero-order valence-corrected chi connectivity index (χ0v) is 15.0. The van der Waals surface area contributed by atoms with Gasteiger partial charge in [0.25, 0.3) is 0 Å². The molecule has 0 bridgehead atoms. The number of nitrogens with one attached hydrogen (secondary N) is 1. The number of hydrogen-bond donors (Lipinski definition) is 2. The van der Waals surface area contributed by atoms with Gasteiger partial charge in [0, 0.05) is 12.7 Å². The minimum absolute atomic E-state index is 0.261. The minimum atomic E-state index is 0.261. The van der Waals surface area contributed by atoms with Crippen molar-refractivity contribution in [2.24, 2.45) is 0 Å². The van der Waals surface area contributed by atoms with E-state index in [1.165, 1.54) is 0 Å². The average molecular weight is 372 g/mol. The lowest BCUT2D eigenvalue weighted by Gasteiger charge is -2.12. The van der Waals surface area contributed by atoms with Crippen molar-refractivity contribution >= 4 is 22.6 Å². The van der Waals surface area contributed by atoms with E-state index in [0.29, 0.717) is 11.5 Å². The Hall–Kier alpha value is -3.85. The van der Waals surface area contributed by atoms with E-state index in [4.69, 9.17) is 10.5 Å². The molecule has 0 radical (unpaired) electrons. The molecule has 9 nitrogen and oxygen atoms in total. The molecule has 0 spiro atoms. The highest BCUT2D eigenvalue weighted by Crippen LogP contribution is 2.35. The van der Waals surface area contributed by atoms with Crippen molar-refractivity contribution in [3.05, 3.63) is 54.4 Å². The van der Waals surface area contributed by atoms with E-state index < -0.39 is 0 Å². The fourth-order valence-electron chi connectivity index (χ4n) is 3.26. The molecular formula is C19H16N8O. The molecule has 9 heteroatoms. The van der Waals surface area contributed by atoms with Crippen LogP contribution in [0.5, 0.6) is 0 Å². The van der Waals surface area contributed by atoms with Gasteiger partial charge in [-0.15, -0.1) is 10.2 Å². The Bertz CT molecular complexity index is 1290. The van der Waals surface area contributed by atoms with Crippen LogP contribution in [0.1, 0.15) is 5.82 Å². The molecule has 2 aromatic carbocycles. The molecule has 0 saturated carbocycles. The van der Waals surface area contributed by atoms with Gasteiger partial charge >= 0.3 is 0 Å². The summed E-state index contributed by atoms with van der Waals surface area (Å²) in [6.45, 7) is 0.282. The van der Waals surface area contributed by atoms with Crippen LogP contribution in [-0.4, -0.2) is 42.1 Å². The molecule has 0 aliphatic carbocycles. The fourth-order valence-corrected chi connectivity index (χ4v) is 3.26. The van der Waals surface area contributed by atoms with E-state index in [1.807, 2.05) is 48.5 Å². The van der Waals surface area contributed by atoms with Gasteiger partial charge in [-0.05, 0) is 17.7 Å². The van der Waals surface area contributed by atoms with Gasteiger partial charge in [0.2, 0.25) is 5.95 Å². The molecule has 0 aliphatic rings. The Morgan fingerprint density at radius 2 is 1.93 bits per heavy atom. The third-order valence-electron chi connectivity index (χ3n) is 4.49. The lowest BCUT2D eigenvalue weighted by molar-refractivity contribution is 0.178. The number of fused-ring (bicyclic) bond motifs is 2. The summed E-state index contributed by atoms with van der Waals surface area (Å²) in [6, 6.07) is 15.7. The van der Waals surface area contributed by atoms with Crippen molar-refractivity contribution < 1.29 is 4.74 Å². The number of hydrogen-bond acceptors (Lipinski definition) is 7. The second-order valence-electron chi connectivity index (χ2n) is 6.30. The Morgan fingerprint density at radius 1 is 1.07 bits per heavy atom. The predicted molar refractivity (Wildman–Crippen MR) is 104 cm³/mol. The van der Waals surface area contributed by atoms with Crippen LogP contribution >= 0.6 is 0 Å². The lowest BCUT2D eigenvalue weighted by atomic mass is 9.99. The highest BCUT2D eigenvalue weighted by atomic mass is 16.5. The molecule has 0 saturated heterocycles. The molecule has 3 N–H and O–H groups in total. The Morgan fingerprint density at radius 3 is 2.75 bits per heavy atom. The third kappa shape index (κ3) is 2.57. The number of H-pyrrole nitrogens is 1. The van der Waals surface area contributed by atoms with Gasteiger partial charge in [-0.2, -0.15) is 4.52 Å². The number of nitrogen functional groups attached to an aromatic ring is 1. The van der Waals surface area contributed by atoms with Crippen molar-refractivity contribution in [3.8, 4) is 22.4 Å². The van der Waals surface area contributed by atoms with E-state index in [0.717, 1.165) is 33.4 Å². The molecular weight excluding hydrogens is 356 g/mol. The Labute approximate surface area is 159 Å². The fraction of sp³-hybridized carbons (Fsp3) is 0.105. The molecule has 3 heterocycles. The summed E-state index contributed by atoms with van der Waals surface area (Å²) in [5, 5.41) is 15.2. The number of aromatic nitrogens is 7. The van der Waals surface area contributed by atoms with Crippen molar-refractivity contribution in [1.29, 1.82) is 0 Å². The Balaban J connectivity index is 1.86. The van der Waals surface area contributed by atoms with Crippen LogP contribution in [0.15, 0.2) is 48.5 Å². The third-order valence-corrected chi connectivity index (χ3v) is 4.49. The second kappa shape index (κ2) is 6.39. The monoisotopic (exact) mass is 372 g/mol. The van der Waals surface area contributed by atoms with Gasteiger partial charge in [0.05, 0.1) is 16.8 Å². The van der Waals surface area contributed by atoms with Gasteiger partial charge in [0.15, 0.2) is 11.5 Å². The SMILES string of the molecule is COCc1nc2c(-c3ccc4nn[nH]c4c3)c(-c3ccccc3)nc(N)n2n1. The van der Waals surface area contributed by atoms with Crippen LogP contribution in [-0.2, 0) is 11.3 Å². The van der Waals surface area contributed by atoms with Gasteiger partial charge in [0.1, 0.15) is 12.1 Å². The molecule has 28 heavy (non-hydrogen) atoms. The number of rotatable bonds is 4. The molecule has 5 rings (SSSR count). The van der Waals surface area contributed by atoms with Crippen LogP contribution in [0.25, 0.3) is 39.1 Å². The number of ether oxygens (including phenoxy) is 1. The number of methoxy groups -OCH3 is 1. The highest BCUT2D eigenvalue weighted by molar-refractivity contribution is 5.93. The number of nitrogens with two attached hydrogens (primary N) is 1.